The van der Waals surface area contributed by atoms with E-state index in [1.807, 2.05) is 18.4 Å². The first-order chi connectivity index (χ1) is 10.2. The minimum absolute atomic E-state index is 0.0591. The maximum Gasteiger partial charge on any atom is 0.166 e. The highest BCUT2D eigenvalue weighted by atomic mass is 79.9. The molecular formula is C16H16BrNO3. The number of aliphatic hydroxyl groups is 1. The Labute approximate surface area is 131 Å². The first kappa shape index (κ1) is 13.3. The number of aliphatic hydroxyl groups excluding tert-OH is 1. The van der Waals surface area contributed by atoms with E-state index < -0.39 is 6.10 Å². The van der Waals surface area contributed by atoms with Gasteiger partial charge >= 0.3 is 0 Å². The topological polar surface area (TPSA) is 51.0 Å². The summed E-state index contributed by atoms with van der Waals surface area (Å²) in [6, 6.07) is 1.93. The van der Waals surface area contributed by atoms with Crippen LogP contribution >= 0.6 is 15.9 Å². The lowest BCUT2D eigenvalue weighted by Crippen LogP contribution is -2.42. The Morgan fingerprint density at radius 1 is 1.52 bits per heavy atom. The van der Waals surface area contributed by atoms with Crippen LogP contribution in [-0.2, 0) is 5.41 Å². The van der Waals surface area contributed by atoms with Crippen molar-refractivity contribution in [2.24, 2.45) is 4.99 Å². The van der Waals surface area contributed by atoms with E-state index in [9.17, 15) is 5.11 Å². The smallest absolute Gasteiger partial charge is 0.166 e. The van der Waals surface area contributed by atoms with Gasteiger partial charge in [-0.05, 0) is 28.4 Å². The largest absolute Gasteiger partial charge is 0.493 e. The number of hydrogen-bond donors (Lipinski definition) is 1. The summed E-state index contributed by atoms with van der Waals surface area (Å²) in [5.74, 6) is 1.53. The third-order valence-corrected chi connectivity index (χ3v) is 5.36. The number of rotatable bonds is 1. The maximum absolute atomic E-state index is 9.95. The van der Waals surface area contributed by atoms with Crippen LogP contribution in [0.2, 0.25) is 0 Å². The number of nitrogens with zero attached hydrogens (tertiary/aromatic N) is 1. The van der Waals surface area contributed by atoms with Crippen LogP contribution in [0.3, 0.4) is 0 Å². The van der Waals surface area contributed by atoms with Crippen LogP contribution in [0.5, 0.6) is 11.5 Å². The monoisotopic (exact) mass is 349 g/mol. The van der Waals surface area contributed by atoms with Gasteiger partial charge in [-0.15, -0.1) is 0 Å². The van der Waals surface area contributed by atoms with Crippen molar-refractivity contribution in [2.45, 2.75) is 30.5 Å². The second-order valence-electron chi connectivity index (χ2n) is 5.77. The van der Waals surface area contributed by atoms with Crippen molar-refractivity contribution in [1.82, 2.24) is 0 Å². The molecule has 1 spiro atoms. The molecule has 3 atom stereocenters. The van der Waals surface area contributed by atoms with E-state index in [1.54, 1.807) is 7.11 Å². The molecule has 0 saturated carbocycles. The first-order valence-corrected chi connectivity index (χ1v) is 7.90. The number of methoxy groups -OCH3 is 1. The summed E-state index contributed by atoms with van der Waals surface area (Å²) in [5, 5.41) is 9.95. The van der Waals surface area contributed by atoms with Crippen molar-refractivity contribution >= 4 is 22.1 Å². The first-order valence-electron chi connectivity index (χ1n) is 7.10. The number of ether oxygens (including phenoxy) is 2. The quantitative estimate of drug-likeness (QED) is 0.793. The van der Waals surface area contributed by atoms with E-state index in [4.69, 9.17) is 9.47 Å². The van der Waals surface area contributed by atoms with Gasteiger partial charge in [-0.2, -0.15) is 0 Å². The van der Waals surface area contributed by atoms with Gasteiger partial charge in [-0.3, -0.25) is 4.99 Å². The highest BCUT2D eigenvalue weighted by Gasteiger charge is 2.52. The van der Waals surface area contributed by atoms with E-state index in [1.165, 1.54) is 0 Å². The van der Waals surface area contributed by atoms with Crippen molar-refractivity contribution in [3.63, 3.8) is 0 Å². The summed E-state index contributed by atoms with van der Waals surface area (Å²) in [6.45, 7) is 0.753. The Bertz CT molecular complexity index is 670. The molecule has 2 aliphatic heterocycles. The zero-order valence-electron chi connectivity index (χ0n) is 11.7. The molecule has 1 aromatic rings. The lowest BCUT2D eigenvalue weighted by atomic mass is 9.69. The molecule has 0 aromatic heterocycles. The molecule has 1 N–H and O–H groups in total. The summed E-state index contributed by atoms with van der Waals surface area (Å²) < 4.78 is 12.7. The molecule has 0 fully saturated rings. The van der Waals surface area contributed by atoms with Crippen molar-refractivity contribution in [1.29, 1.82) is 0 Å². The second-order valence-corrected chi connectivity index (χ2v) is 6.63. The lowest BCUT2D eigenvalue weighted by Gasteiger charge is -2.35. The highest BCUT2D eigenvalue weighted by molar-refractivity contribution is 9.10. The van der Waals surface area contributed by atoms with Crippen LogP contribution in [0.15, 0.2) is 27.7 Å². The van der Waals surface area contributed by atoms with Gasteiger partial charge in [0.05, 0.1) is 18.6 Å². The highest BCUT2D eigenvalue weighted by Crippen LogP contribution is 2.56. The molecule has 21 heavy (non-hydrogen) atoms. The summed E-state index contributed by atoms with van der Waals surface area (Å²) >= 11 is 3.62. The third kappa shape index (κ3) is 1.74. The van der Waals surface area contributed by atoms with Gasteiger partial charge in [0.15, 0.2) is 11.5 Å². The molecule has 4 rings (SSSR count). The Hall–Kier alpha value is -1.33. The zero-order chi connectivity index (χ0) is 14.6. The fourth-order valence-electron chi connectivity index (χ4n) is 3.69. The number of benzene rings is 1. The van der Waals surface area contributed by atoms with Crippen LogP contribution < -0.4 is 9.47 Å². The van der Waals surface area contributed by atoms with E-state index in [0.717, 1.165) is 40.1 Å². The van der Waals surface area contributed by atoms with Gasteiger partial charge in [-0.1, -0.05) is 12.2 Å². The van der Waals surface area contributed by atoms with Crippen molar-refractivity contribution in [3.8, 4) is 11.5 Å². The Kier molecular flexibility index (Phi) is 2.91. The van der Waals surface area contributed by atoms with Crippen LogP contribution in [0, 0.1) is 0 Å². The van der Waals surface area contributed by atoms with Crippen LogP contribution in [-0.4, -0.2) is 37.2 Å². The number of hydrogen-bond acceptors (Lipinski definition) is 4. The lowest BCUT2D eigenvalue weighted by molar-refractivity contribution is 0.0856. The molecule has 0 radical (unpaired) electrons. The molecule has 110 valence electrons. The molecule has 4 nitrogen and oxygen atoms in total. The van der Waals surface area contributed by atoms with E-state index in [-0.39, 0.29) is 11.5 Å². The molecule has 3 aliphatic rings. The average molecular weight is 350 g/mol. The molecule has 0 amide bonds. The average Bonchev–Trinajstić information content (AvgIpc) is 2.67. The minimum atomic E-state index is -0.447. The predicted octanol–water partition coefficient (Wildman–Crippen LogP) is 2.60. The molecule has 0 bridgehead atoms. The molecule has 5 heteroatoms. The van der Waals surface area contributed by atoms with E-state index in [2.05, 4.69) is 27.0 Å². The fourth-order valence-corrected chi connectivity index (χ4v) is 4.20. The number of aliphatic imine (C=N–C) groups is 1. The van der Waals surface area contributed by atoms with Crippen LogP contribution in [0.1, 0.15) is 24.0 Å². The normalized spacial score (nSPS) is 32.1. The van der Waals surface area contributed by atoms with Gasteiger partial charge in [0.2, 0.25) is 0 Å². The minimum Gasteiger partial charge on any atom is -0.493 e. The van der Waals surface area contributed by atoms with Gasteiger partial charge in [-0.25, -0.2) is 0 Å². The Morgan fingerprint density at radius 2 is 2.38 bits per heavy atom. The summed E-state index contributed by atoms with van der Waals surface area (Å²) in [5.41, 5.74) is 1.99. The molecule has 0 saturated heterocycles. The van der Waals surface area contributed by atoms with Crippen LogP contribution in [0.4, 0.5) is 0 Å². The van der Waals surface area contributed by atoms with Crippen LogP contribution in [0.25, 0.3) is 0 Å². The maximum atomic E-state index is 9.95. The fraction of sp³-hybridized carbons (Fsp3) is 0.438. The van der Waals surface area contributed by atoms with Gasteiger partial charge in [0.1, 0.15) is 6.10 Å². The van der Waals surface area contributed by atoms with Gasteiger partial charge < -0.3 is 14.6 Å². The van der Waals surface area contributed by atoms with E-state index >= 15 is 0 Å². The summed E-state index contributed by atoms with van der Waals surface area (Å²) in [7, 11) is 1.65. The summed E-state index contributed by atoms with van der Waals surface area (Å²) in [4.78, 5) is 4.51. The SMILES string of the molecule is COc1cc(Br)c2c3c1O[C@@H]1C[C@H](O)C=C[C@]31CCN=C2. The van der Waals surface area contributed by atoms with Gasteiger partial charge in [0, 0.05) is 34.8 Å². The molecule has 1 aliphatic carbocycles. The molecule has 2 heterocycles. The predicted molar refractivity (Wildman–Crippen MR) is 83.6 cm³/mol. The zero-order valence-corrected chi connectivity index (χ0v) is 13.3. The number of halogens is 1. The van der Waals surface area contributed by atoms with Gasteiger partial charge in [0.25, 0.3) is 0 Å². The Morgan fingerprint density at radius 3 is 3.19 bits per heavy atom. The second kappa shape index (κ2) is 4.58. The molecule has 1 aromatic carbocycles. The molecular weight excluding hydrogens is 334 g/mol. The van der Waals surface area contributed by atoms with Crippen molar-refractivity contribution in [3.05, 3.63) is 33.8 Å². The third-order valence-electron chi connectivity index (χ3n) is 4.70. The summed E-state index contributed by atoms with van der Waals surface area (Å²) in [6.07, 6.45) is 6.90. The molecule has 0 unspecified atom stereocenters. The van der Waals surface area contributed by atoms with Crippen molar-refractivity contribution in [2.75, 3.05) is 13.7 Å². The van der Waals surface area contributed by atoms with E-state index in [0.29, 0.717) is 6.42 Å². The Balaban J connectivity index is 2.03. The standard InChI is InChI=1S/C16H16BrNO3/c1-20-12-7-11(17)10-8-18-5-4-16-3-2-9(19)6-13(16)21-15(12)14(10)16/h2-3,7-9,13,19H,4-6H2,1H3/t9-,13-,16-/m1/s1. The van der Waals surface area contributed by atoms with Crippen molar-refractivity contribution < 1.29 is 14.6 Å².